The van der Waals surface area contributed by atoms with Crippen molar-refractivity contribution in [3.05, 3.63) is 39.9 Å². The zero-order valence-electron chi connectivity index (χ0n) is 11.7. The van der Waals surface area contributed by atoms with Crippen molar-refractivity contribution in [2.45, 2.75) is 32.8 Å². The van der Waals surface area contributed by atoms with Crippen LogP contribution < -0.4 is 5.32 Å². The number of nitrogens with one attached hydrogen (secondary N) is 1. The highest BCUT2D eigenvalue weighted by Gasteiger charge is 2.13. The summed E-state index contributed by atoms with van der Waals surface area (Å²) in [7, 11) is 0. The summed E-state index contributed by atoms with van der Waals surface area (Å²) in [5, 5.41) is 22.9. The Bertz CT molecular complexity index is 459. The van der Waals surface area contributed by atoms with Crippen LogP contribution in [0.2, 0.25) is 0 Å². The van der Waals surface area contributed by atoms with Gasteiger partial charge in [0.1, 0.15) is 0 Å². The lowest BCUT2D eigenvalue weighted by Gasteiger charge is -2.17. The van der Waals surface area contributed by atoms with Gasteiger partial charge in [0.15, 0.2) is 0 Å². The fourth-order valence-corrected chi connectivity index (χ4v) is 1.68. The minimum absolute atomic E-state index is 0.00125. The molecule has 1 aromatic rings. The molecule has 2 unspecified atom stereocenters. The number of aliphatic hydroxyl groups excluding tert-OH is 1. The maximum atomic E-state index is 11.7. The van der Waals surface area contributed by atoms with Crippen LogP contribution in [-0.4, -0.2) is 28.6 Å². The lowest BCUT2D eigenvalue weighted by molar-refractivity contribution is -0.384. The lowest BCUT2D eigenvalue weighted by Crippen LogP contribution is -2.36. The molecule has 0 fully saturated rings. The second-order valence-electron chi connectivity index (χ2n) is 4.86. The molecule has 1 amide bonds. The average Bonchev–Trinajstić information content (AvgIpc) is 2.44. The molecule has 110 valence electrons. The summed E-state index contributed by atoms with van der Waals surface area (Å²) in [6.07, 6.45) is 0.436. The molecule has 1 rings (SSSR count). The largest absolute Gasteiger partial charge is 0.391 e. The normalized spacial score (nSPS) is 13.6. The first-order chi connectivity index (χ1) is 9.43. The van der Waals surface area contributed by atoms with Gasteiger partial charge in [-0.3, -0.25) is 14.9 Å². The standard InChI is InChI=1S/C14H20N2O4/c1-3-10(2)13(17)9-15-14(18)8-11-4-6-12(7-5-11)16(19)20/h4-7,10,13,17H,3,8-9H2,1-2H3,(H,15,18). The van der Waals surface area contributed by atoms with Crippen molar-refractivity contribution in [1.82, 2.24) is 5.32 Å². The zero-order valence-corrected chi connectivity index (χ0v) is 11.7. The summed E-state index contributed by atoms with van der Waals surface area (Å²) in [5.41, 5.74) is 0.701. The van der Waals surface area contributed by atoms with Crippen molar-refractivity contribution in [2.24, 2.45) is 5.92 Å². The Balaban J connectivity index is 2.44. The van der Waals surface area contributed by atoms with Crippen LogP contribution in [0.5, 0.6) is 0 Å². The minimum Gasteiger partial charge on any atom is -0.391 e. The van der Waals surface area contributed by atoms with Crippen LogP contribution in [0, 0.1) is 16.0 Å². The van der Waals surface area contributed by atoms with E-state index in [4.69, 9.17) is 0 Å². The summed E-state index contributed by atoms with van der Waals surface area (Å²) in [6.45, 7) is 4.13. The molecule has 0 aromatic heterocycles. The molecule has 0 saturated heterocycles. The van der Waals surface area contributed by atoms with E-state index in [1.807, 2.05) is 13.8 Å². The molecule has 0 radical (unpaired) electrons. The Morgan fingerprint density at radius 3 is 2.50 bits per heavy atom. The van der Waals surface area contributed by atoms with E-state index in [-0.39, 0.29) is 30.5 Å². The Labute approximate surface area is 118 Å². The molecule has 0 saturated carbocycles. The van der Waals surface area contributed by atoms with Gasteiger partial charge in [0.25, 0.3) is 5.69 Å². The maximum Gasteiger partial charge on any atom is 0.269 e. The number of rotatable bonds is 7. The quantitative estimate of drug-likeness (QED) is 0.587. The first-order valence-corrected chi connectivity index (χ1v) is 6.62. The first-order valence-electron chi connectivity index (χ1n) is 6.62. The van der Waals surface area contributed by atoms with E-state index in [1.54, 1.807) is 12.1 Å². The molecular weight excluding hydrogens is 260 g/mol. The smallest absolute Gasteiger partial charge is 0.269 e. The van der Waals surface area contributed by atoms with Gasteiger partial charge in [0, 0.05) is 18.7 Å². The molecule has 2 N–H and O–H groups in total. The number of nitrogens with zero attached hydrogens (tertiary/aromatic N) is 1. The highest BCUT2D eigenvalue weighted by molar-refractivity contribution is 5.78. The topological polar surface area (TPSA) is 92.5 Å². The van der Waals surface area contributed by atoms with Crippen molar-refractivity contribution >= 4 is 11.6 Å². The van der Waals surface area contributed by atoms with Crippen molar-refractivity contribution in [2.75, 3.05) is 6.54 Å². The summed E-state index contributed by atoms with van der Waals surface area (Å²) >= 11 is 0. The van der Waals surface area contributed by atoms with Gasteiger partial charge in [-0.05, 0) is 11.5 Å². The molecule has 2 atom stereocenters. The van der Waals surface area contributed by atoms with Crippen molar-refractivity contribution in [3.63, 3.8) is 0 Å². The van der Waals surface area contributed by atoms with Crippen LogP contribution in [-0.2, 0) is 11.2 Å². The van der Waals surface area contributed by atoms with Gasteiger partial charge in [-0.15, -0.1) is 0 Å². The third-order valence-electron chi connectivity index (χ3n) is 3.32. The highest BCUT2D eigenvalue weighted by atomic mass is 16.6. The molecule has 0 aliphatic heterocycles. The predicted molar refractivity (Wildman–Crippen MR) is 75.3 cm³/mol. The monoisotopic (exact) mass is 280 g/mol. The zero-order chi connectivity index (χ0) is 15.1. The van der Waals surface area contributed by atoms with Gasteiger partial charge in [-0.2, -0.15) is 0 Å². The van der Waals surface area contributed by atoms with Crippen molar-refractivity contribution in [1.29, 1.82) is 0 Å². The average molecular weight is 280 g/mol. The molecule has 0 bridgehead atoms. The number of nitro benzene ring substituents is 1. The summed E-state index contributed by atoms with van der Waals surface area (Å²) in [4.78, 5) is 21.7. The number of amides is 1. The predicted octanol–water partition coefficient (Wildman–Crippen LogP) is 1.66. The number of hydrogen-bond acceptors (Lipinski definition) is 4. The van der Waals surface area contributed by atoms with E-state index in [0.29, 0.717) is 5.56 Å². The summed E-state index contributed by atoms with van der Waals surface area (Å²) < 4.78 is 0. The van der Waals surface area contributed by atoms with Crippen LogP contribution in [0.4, 0.5) is 5.69 Å². The lowest BCUT2D eigenvalue weighted by atomic mass is 10.0. The first kappa shape index (κ1) is 16.1. The van der Waals surface area contributed by atoms with Gasteiger partial charge >= 0.3 is 0 Å². The summed E-state index contributed by atoms with van der Waals surface area (Å²) in [5.74, 6) is -0.0733. The van der Waals surface area contributed by atoms with E-state index < -0.39 is 11.0 Å². The Morgan fingerprint density at radius 2 is 2.00 bits per heavy atom. The molecule has 0 heterocycles. The molecule has 20 heavy (non-hydrogen) atoms. The molecular formula is C14H20N2O4. The number of nitro groups is 1. The fraction of sp³-hybridized carbons (Fsp3) is 0.500. The SMILES string of the molecule is CCC(C)C(O)CNC(=O)Cc1ccc([N+](=O)[O-])cc1. The van der Waals surface area contributed by atoms with Crippen LogP contribution in [0.25, 0.3) is 0 Å². The second-order valence-corrected chi connectivity index (χ2v) is 4.86. The highest BCUT2D eigenvalue weighted by Crippen LogP contribution is 2.12. The number of carbonyl (C=O) groups excluding carboxylic acids is 1. The number of carbonyl (C=O) groups is 1. The summed E-state index contributed by atoms with van der Waals surface area (Å²) in [6, 6.07) is 5.86. The van der Waals surface area contributed by atoms with Gasteiger partial charge in [-0.1, -0.05) is 32.4 Å². The fourth-order valence-electron chi connectivity index (χ4n) is 1.68. The molecule has 6 heteroatoms. The third-order valence-corrected chi connectivity index (χ3v) is 3.32. The van der Waals surface area contributed by atoms with Gasteiger partial charge in [0.2, 0.25) is 5.91 Å². The Morgan fingerprint density at radius 1 is 1.40 bits per heavy atom. The Hall–Kier alpha value is -1.95. The molecule has 6 nitrogen and oxygen atoms in total. The number of aliphatic hydroxyl groups is 1. The van der Waals surface area contributed by atoms with E-state index in [1.165, 1.54) is 12.1 Å². The van der Waals surface area contributed by atoms with Crippen LogP contribution >= 0.6 is 0 Å². The van der Waals surface area contributed by atoms with E-state index in [0.717, 1.165) is 6.42 Å². The van der Waals surface area contributed by atoms with Gasteiger partial charge < -0.3 is 10.4 Å². The van der Waals surface area contributed by atoms with Crippen LogP contribution in [0.15, 0.2) is 24.3 Å². The maximum absolute atomic E-state index is 11.7. The minimum atomic E-state index is -0.555. The van der Waals surface area contributed by atoms with Gasteiger partial charge in [-0.25, -0.2) is 0 Å². The molecule has 0 aliphatic rings. The van der Waals surface area contributed by atoms with E-state index >= 15 is 0 Å². The van der Waals surface area contributed by atoms with Crippen molar-refractivity contribution < 1.29 is 14.8 Å². The molecule has 0 aliphatic carbocycles. The number of hydrogen-bond donors (Lipinski definition) is 2. The number of non-ortho nitro benzene ring substituents is 1. The number of benzene rings is 1. The van der Waals surface area contributed by atoms with Crippen LogP contribution in [0.3, 0.4) is 0 Å². The molecule has 1 aromatic carbocycles. The van der Waals surface area contributed by atoms with Crippen molar-refractivity contribution in [3.8, 4) is 0 Å². The molecule has 0 spiro atoms. The second kappa shape index (κ2) is 7.59. The van der Waals surface area contributed by atoms with Gasteiger partial charge in [0.05, 0.1) is 17.4 Å². The van der Waals surface area contributed by atoms with Crippen LogP contribution in [0.1, 0.15) is 25.8 Å². The third kappa shape index (κ3) is 4.97. The van der Waals surface area contributed by atoms with E-state index in [2.05, 4.69) is 5.32 Å². The Kier molecular flexibility index (Phi) is 6.11. The van der Waals surface area contributed by atoms with E-state index in [9.17, 15) is 20.0 Å².